The van der Waals surface area contributed by atoms with E-state index in [-0.39, 0.29) is 18.6 Å². The SMILES string of the molecule is O=C(O)CCC(=O)C(Cc1nnn[nH]1)c1sccc1CCCCCCCCc1ccccc1. The monoisotopic (exact) mass is 468 g/mol. The molecule has 0 saturated carbocycles. The third kappa shape index (κ3) is 8.53. The largest absolute Gasteiger partial charge is 0.481 e. The molecule has 8 heteroatoms. The number of hydrogen-bond donors (Lipinski definition) is 2. The number of benzene rings is 1. The highest BCUT2D eigenvalue weighted by atomic mass is 32.1. The van der Waals surface area contributed by atoms with Crippen LogP contribution in [0.3, 0.4) is 0 Å². The number of Topliss-reactive ketones (excluding diaryl/α,β-unsaturated/α-hetero) is 1. The molecule has 0 amide bonds. The fraction of sp³-hybridized carbons (Fsp3) is 0.480. The summed E-state index contributed by atoms with van der Waals surface area (Å²) in [6.07, 6.45) is 9.51. The van der Waals surface area contributed by atoms with E-state index < -0.39 is 11.9 Å². The number of aromatic nitrogens is 4. The lowest BCUT2D eigenvalue weighted by Crippen LogP contribution is -2.17. The minimum Gasteiger partial charge on any atom is -0.481 e. The highest BCUT2D eigenvalue weighted by Crippen LogP contribution is 2.31. The van der Waals surface area contributed by atoms with Crippen molar-refractivity contribution in [1.29, 1.82) is 0 Å². The lowest BCUT2D eigenvalue weighted by Gasteiger charge is -2.15. The smallest absolute Gasteiger partial charge is 0.303 e. The molecule has 2 aromatic heterocycles. The van der Waals surface area contributed by atoms with Gasteiger partial charge in [-0.15, -0.1) is 16.4 Å². The van der Waals surface area contributed by atoms with Crippen LogP contribution in [0, 0.1) is 0 Å². The Hall–Kier alpha value is -2.87. The Morgan fingerprint density at radius 1 is 0.939 bits per heavy atom. The number of unbranched alkanes of at least 4 members (excludes halogenated alkanes) is 5. The van der Waals surface area contributed by atoms with Crippen LogP contribution < -0.4 is 0 Å². The Labute approximate surface area is 198 Å². The second-order valence-electron chi connectivity index (χ2n) is 8.38. The van der Waals surface area contributed by atoms with Crippen LogP contribution in [-0.4, -0.2) is 37.5 Å². The second-order valence-corrected chi connectivity index (χ2v) is 9.33. The maximum Gasteiger partial charge on any atom is 0.303 e. The molecular weight excluding hydrogens is 436 g/mol. The number of rotatable bonds is 16. The number of tetrazole rings is 1. The number of hydrogen-bond acceptors (Lipinski definition) is 6. The topological polar surface area (TPSA) is 109 Å². The molecule has 0 aliphatic heterocycles. The number of carboxylic acid groups (broad SMARTS) is 1. The molecule has 1 unspecified atom stereocenters. The van der Waals surface area contributed by atoms with Crippen LogP contribution in [0.1, 0.15) is 79.1 Å². The number of aromatic amines is 1. The van der Waals surface area contributed by atoms with Gasteiger partial charge >= 0.3 is 5.97 Å². The summed E-state index contributed by atoms with van der Waals surface area (Å²) in [5.41, 5.74) is 2.60. The fourth-order valence-electron chi connectivity index (χ4n) is 4.07. The number of H-pyrrole nitrogens is 1. The van der Waals surface area contributed by atoms with E-state index in [0.29, 0.717) is 12.2 Å². The van der Waals surface area contributed by atoms with Gasteiger partial charge in [-0.2, -0.15) is 0 Å². The number of nitrogens with zero attached hydrogens (tertiary/aromatic N) is 3. The number of thiophene rings is 1. The zero-order valence-corrected chi connectivity index (χ0v) is 19.7. The van der Waals surface area contributed by atoms with Crippen molar-refractivity contribution in [2.24, 2.45) is 0 Å². The second kappa shape index (κ2) is 13.6. The van der Waals surface area contributed by atoms with Crippen LogP contribution in [0.15, 0.2) is 41.8 Å². The van der Waals surface area contributed by atoms with Gasteiger partial charge in [-0.25, -0.2) is 5.10 Å². The van der Waals surface area contributed by atoms with E-state index in [4.69, 9.17) is 5.11 Å². The number of carboxylic acids is 1. The first-order valence-corrected chi connectivity index (χ1v) is 12.6. The summed E-state index contributed by atoms with van der Waals surface area (Å²) in [7, 11) is 0. The molecule has 176 valence electrons. The average Bonchev–Trinajstić information content (AvgIpc) is 3.50. The van der Waals surface area contributed by atoms with Gasteiger partial charge in [0.1, 0.15) is 11.6 Å². The molecule has 1 atom stereocenters. The Morgan fingerprint density at radius 3 is 2.36 bits per heavy atom. The molecule has 2 N–H and O–H groups in total. The Balaban J connectivity index is 1.44. The molecule has 3 rings (SSSR count). The van der Waals surface area contributed by atoms with E-state index in [1.54, 1.807) is 11.3 Å². The van der Waals surface area contributed by atoms with Crippen molar-refractivity contribution in [3.8, 4) is 0 Å². The Morgan fingerprint density at radius 2 is 1.67 bits per heavy atom. The van der Waals surface area contributed by atoms with Gasteiger partial charge in [-0.05, 0) is 58.7 Å². The number of aryl methyl sites for hydroxylation is 2. The lowest BCUT2D eigenvalue weighted by molar-refractivity contribution is -0.138. The van der Waals surface area contributed by atoms with Gasteiger partial charge in [-0.1, -0.05) is 56.0 Å². The third-order valence-corrected chi connectivity index (χ3v) is 6.94. The quantitative estimate of drug-likeness (QED) is 0.282. The van der Waals surface area contributed by atoms with Gasteiger partial charge in [0.05, 0.1) is 12.3 Å². The summed E-state index contributed by atoms with van der Waals surface area (Å²) in [6, 6.07) is 12.7. The summed E-state index contributed by atoms with van der Waals surface area (Å²) < 4.78 is 0. The normalized spacial score (nSPS) is 12.0. The molecule has 0 bridgehead atoms. The summed E-state index contributed by atoms with van der Waals surface area (Å²) in [5, 5.41) is 24.8. The third-order valence-electron chi connectivity index (χ3n) is 5.86. The van der Waals surface area contributed by atoms with Gasteiger partial charge < -0.3 is 5.11 Å². The maximum absolute atomic E-state index is 12.9. The molecular formula is C25H32N4O3S. The molecule has 0 fully saturated rings. The summed E-state index contributed by atoms with van der Waals surface area (Å²) in [4.78, 5) is 24.8. The molecule has 2 heterocycles. The van der Waals surface area contributed by atoms with Crippen molar-refractivity contribution in [2.45, 2.75) is 76.5 Å². The van der Waals surface area contributed by atoms with Crippen molar-refractivity contribution in [1.82, 2.24) is 20.6 Å². The van der Waals surface area contributed by atoms with Gasteiger partial charge in [0, 0.05) is 17.7 Å². The van der Waals surface area contributed by atoms with Crippen LogP contribution in [0.2, 0.25) is 0 Å². The van der Waals surface area contributed by atoms with Crippen LogP contribution in [0.5, 0.6) is 0 Å². The maximum atomic E-state index is 12.9. The molecule has 0 radical (unpaired) electrons. The van der Waals surface area contributed by atoms with E-state index in [1.807, 2.05) is 5.38 Å². The van der Waals surface area contributed by atoms with Gasteiger partial charge in [0.15, 0.2) is 0 Å². The van der Waals surface area contributed by atoms with E-state index in [0.717, 1.165) is 24.1 Å². The lowest BCUT2D eigenvalue weighted by atomic mass is 9.91. The predicted octanol–water partition coefficient (Wildman–Crippen LogP) is 5.15. The highest BCUT2D eigenvalue weighted by Gasteiger charge is 2.26. The highest BCUT2D eigenvalue weighted by molar-refractivity contribution is 7.10. The molecule has 33 heavy (non-hydrogen) atoms. The summed E-state index contributed by atoms with van der Waals surface area (Å²) in [6.45, 7) is 0. The molecule has 0 saturated heterocycles. The predicted molar refractivity (Wildman–Crippen MR) is 128 cm³/mol. The Bertz CT molecular complexity index is 973. The number of carbonyl (C=O) groups excluding carboxylic acids is 1. The van der Waals surface area contributed by atoms with Crippen LogP contribution >= 0.6 is 11.3 Å². The molecule has 0 aliphatic rings. The molecule has 1 aromatic carbocycles. The van der Waals surface area contributed by atoms with E-state index in [9.17, 15) is 9.59 Å². The molecule has 0 spiro atoms. The first-order chi connectivity index (χ1) is 16.1. The van der Waals surface area contributed by atoms with Crippen molar-refractivity contribution in [3.05, 3.63) is 63.6 Å². The van der Waals surface area contributed by atoms with Crippen LogP contribution in [0.4, 0.5) is 0 Å². The fourth-order valence-corrected chi connectivity index (χ4v) is 5.15. The zero-order chi connectivity index (χ0) is 23.3. The number of aliphatic carboxylic acids is 1. The van der Waals surface area contributed by atoms with Crippen LogP contribution in [-0.2, 0) is 28.9 Å². The summed E-state index contributed by atoms with van der Waals surface area (Å²) >= 11 is 1.56. The minimum atomic E-state index is -0.960. The Kier molecular flexibility index (Phi) is 10.2. The van der Waals surface area contributed by atoms with Crippen molar-refractivity contribution >= 4 is 23.1 Å². The van der Waals surface area contributed by atoms with Gasteiger partial charge in [-0.3, -0.25) is 9.59 Å². The molecule has 7 nitrogen and oxygen atoms in total. The number of nitrogens with one attached hydrogen (secondary N) is 1. The summed E-state index contributed by atoms with van der Waals surface area (Å²) in [5.74, 6) is -0.903. The van der Waals surface area contributed by atoms with E-state index in [1.165, 1.54) is 43.2 Å². The number of carbonyl (C=O) groups is 2. The number of ketones is 1. The van der Waals surface area contributed by atoms with E-state index >= 15 is 0 Å². The zero-order valence-electron chi connectivity index (χ0n) is 18.9. The van der Waals surface area contributed by atoms with Gasteiger partial charge in [0.2, 0.25) is 0 Å². The average molecular weight is 469 g/mol. The molecule has 3 aromatic rings. The standard InChI is InChI=1S/C25H32N4O3S/c30-22(14-15-24(31)32)21(18-23-26-28-29-27-23)25-20(16-17-33-25)13-9-4-2-1-3-6-10-19-11-7-5-8-12-19/h5,7-8,11-12,16-17,21H,1-4,6,9-10,13-15,18H2,(H,31,32)(H,26,27,28,29). The van der Waals surface area contributed by atoms with Crippen molar-refractivity contribution in [2.75, 3.05) is 0 Å². The van der Waals surface area contributed by atoms with Crippen molar-refractivity contribution < 1.29 is 14.7 Å². The molecule has 0 aliphatic carbocycles. The van der Waals surface area contributed by atoms with E-state index in [2.05, 4.69) is 57.0 Å². The minimum absolute atomic E-state index is 0.0158. The first-order valence-electron chi connectivity index (χ1n) is 11.7. The van der Waals surface area contributed by atoms with Crippen LogP contribution in [0.25, 0.3) is 0 Å². The van der Waals surface area contributed by atoms with Gasteiger partial charge in [0.25, 0.3) is 0 Å². The first kappa shape index (κ1) is 24.8. The van der Waals surface area contributed by atoms with Crippen molar-refractivity contribution in [3.63, 3.8) is 0 Å².